The Kier molecular flexibility index (Phi) is 6.02. The van der Waals surface area contributed by atoms with E-state index in [2.05, 4.69) is 5.32 Å². The first-order valence-corrected chi connectivity index (χ1v) is 6.09. The van der Waals surface area contributed by atoms with Gasteiger partial charge in [0.05, 0.1) is 0 Å². The topological polar surface area (TPSA) is 64.6 Å². The average molecular weight is 265 g/mol. The Bertz CT molecular complexity index is 419. The van der Waals surface area contributed by atoms with Crippen LogP contribution < -0.4 is 5.32 Å². The fraction of sp³-hybridized carbons (Fsp3) is 0.429. The summed E-state index contributed by atoms with van der Waals surface area (Å²) in [6.07, 6.45) is -0.578. The van der Waals surface area contributed by atoms with E-state index >= 15 is 0 Å². The van der Waals surface area contributed by atoms with Crippen molar-refractivity contribution in [3.05, 3.63) is 35.9 Å². The van der Waals surface area contributed by atoms with Crippen LogP contribution in [0, 0.1) is 0 Å². The van der Waals surface area contributed by atoms with E-state index in [0.717, 1.165) is 5.56 Å². The van der Waals surface area contributed by atoms with Gasteiger partial charge in [0, 0.05) is 6.92 Å². The van der Waals surface area contributed by atoms with Crippen molar-refractivity contribution in [3.63, 3.8) is 0 Å². The van der Waals surface area contributed by atoms with Crippen molar-refractivity contribution in [1.29, 1.82) is 0 Å². The van der Waals surface area contributed by atoms with Gasteiger partial charge in [-0.25, -0.2) is 0 Å². The molecule has 2 unspecified atom stereocenters. The third-order valence-electron chi connectivity index (χ3n) is 2.61. The van der Waals surface area contributed by atoms with Crippen molar-refractivity contribution < 1.29 is 19.1 Å². The Morgan fingerprint density at radius 2 is 1.89 bits per heavy atom. The Balaban J connectivity index is 2.52. The molecule has 104 valence electrons. The van der Waals surface area contributed by atoms with Crippen LogP contribution in [-0.4, -0.2) is 31.1 Å². The normalized spacial score (nSPS) is 13.4. The number of likely N-dealkylation sites (N-methyl/N-ethyl adjacent to an activating group) is 1. The minimum absolute atomic E-state index is 0.199. The zero-order valence-electron chi connectivity index (χ0n) is 11.4. The van der Waals surface area contributed by atoms with Crippen LogP contribution in [0.25, 0.3) is 0 Å². The van der Waals surface area contributed by atoms with E-state index in [0.29, 0.717) is 0 Å². The standard InChI is InChI=1S/C14H19NO4/c1-10(19-11(2)16)13(15-3)14(17)18-9-12-7-5-4-6-8-12/h4-8,10,13,15H,9H2,1-3H3. The molecule has 19 heavy (non-hydrogen) atoms. The van der Waals surface area contributed by atoms with Crippen LogP contribution >= 0.6 is 0 Å². The summed E-state index contributed by atoms with van der Waals surface area (Å²) in [6, 6.07) is 8.71. The van der Waals surface area contributed by atoms with Crippen molar-refractivity contribution in [3.8, 4) is 0 Å². The van der Waals surface area contributed by atoms with Crippen LogP contribution in [-0.2, 0) is 25.7 Å². The van der Waals surface area contributed by atoms with Gasteiger partial charge in [-0.3, -0.25) is 9.59 Å². The molecule has 1 rings (SSSR count). The van der Waals surface area contributed by atoms with Crippen molar-refractivity contribution in [2.75, 3.05) is 7.05 Å². The van der Waals surface area contributed by atoms with Crippen molar-refractivity contribution in [2.45, 2.75) is 32.6 Å². The van der Waals surface area contributed by atoms with E-state index in [1.54, 1.807) is 14.0 Å². The number of carbonyl (C=O) groups is 2. The van der Waals surface area contributed by atoms with Crippen LogP contribution in [0.5, 0.6) is 0 Å². The quantitative estimate of drug-likeness (QED) is 0.785. The Hall–Kier alpha value is -1.88. The van der Waals surface area contributed by atoms with Gasteiger partial charge in [-0.05, 0) is 19.5 Å². The molecule has 0 amide bonds. The highest BCUT2D eigenvalue weighted by Crippen LogP contribution is 2.05. The average Bonchev–Trinajstić information content (AvgIpc) is 2.37. The molecule has 0 fully saturated rings. The second-order valence-corrected chi connectivity index (χ2v) is 4.17. The van der Waals surface area contributed by atoms with E-state index < -0.39 is 24.1 Å². The van der Waals surface area contributed by atoms with Crippen LogP contribution in [0.15, 0.2) is 30.3 Å². The SMILES string of the molecule is CNC(C(=O)OCc1ccccc1)C(C)OC(C)=O. The number of esters is 2. The number of carbonyl (C=O) groups excluding carboxylic acids is 2. The fourth-order valence-electron chi connectivity index (χ4n) is 1.69. The molecule has 0 heterocycles. The van der Waals surface area contributed by atoms with Crippen LogP contribution in [0.2, 0.25) is 0 Å². The van der Waals surface area contributed by atoms with Gasteiger partial charge in [-0.1, -0.05) is 30.3 Å². The lowest BCUT2D eigenvalue weighted by Gasteiger charge is -2.21. The molecule has 1 aromatic rings. The molecule has 0 saturated heterocycles. The Morgan fingerprint density at radius 3 is 2.42 bits per heavy atom. The molecule has 0 saturated carbocycles. The fourth-order valence-corrected chi connectivity index (χ4v) is 1.69. The summed E-state index contributed by atoms with van der Waals surface area (Å²) in [7, 11) is 1.62. The van der Waals surface area contributed by atoms with E-state index in [1.807, 2.05) is 30.3 Å². The van der Waals surface area contributed by atoms with E-state index in [1.165, 1.54) is 6.92 Å². The van der Waals surface area contributed by atoms with Crippen LogP contribution in [0.1, 0.15) is 19.4 Å². The summed E-state index contributed by atoms with van der Waals surface area (Å²) in [5.41, 5.74) is 0.908. The summed E-state index contributed by atoms with van der Waals surface area (Å²) in [6.45, 7) is 3.15. The van der Waals surface area contributed by atoms with Gasteiger partial charge >= 0.3 is 11.9 Å². The second kappa shape index (κ2) is 7.53. The molecular weight excluding hydrogens is 246 g/mol. The minimum Gasteiger partial charge on any atom is -0.461 e. The smallest absolute Gasteiger partial charge is 0.327 e. The number of rotatable bonds is 6. The molecule has 0 aliphatic heterocycles. The second-order valence-electron chi connectivity index (χ2n) is 4.17. The predicted molar refractivity (Wildman–Crippen MR) is 70.3 cm³/mol. The predicted octanol–water partition coefficient (Wildman–Crippen LogP) is 1.27. The molecule has 2 atom stereocenters. The molecular formula is C14H19NO4. The van der Waals surface area contributed by atoms with Gasteiger partial charge in [-0.15, -0.1) is 0 Å². The summed E-state index contributed by atoms with van der Waals surface area (Å²) in [4.78, 5) is 22.8. The molecule has 0 spiro atoms. The highest BCUT2D eigenvalue weighted by atomic mass is 16.6. The van der Waals surface area contributed by atoms with Gasteiger partial charge < -0.3 is 14.8 Å². The third-order valence-corrected chi connectivity index (χ3v) is 2.61. The van der Waals surface area contributed by atoms with Gasteiger partial charge in [-0.2, -0.15) is 0 Å². The highest BCUT2D eigenvalue weighted by molar-refractivity contribution is 5.77. The van der Waals surface area contributed by atoms with Gasteiger partial charge in [0.15, 0.2) is 0 Å². The van der Waals surface area contributed by atoms with Crippen molar-refractivity contribution >= 4 is 11.9 Å². The van der Waals surface area contributed by atoms with Gasteiger partial charge in [0.25, 0.3) is 0 Å². The molecule has 0 aliphatic rings. The maximum absolute atomic E-state index is 11.9. The zero-order chi connectivity index (χ0) is 14.3. The lowest BCUT2D eigenvalue weighted by Crippen LogP contribution is -2.45. The highest BCUT2D eigenvalue weighted by Gasteiger charge is 2.27. The first-order chi connectivity index (χ1) is 9.04. The summed E-state index contributed by atoms with van der Waals surface area (Å²) in [5.74, 6) is -0.872. The van der Waals surface area contributed by atoms with Crippen LogP contribution in [0.3, 0.4) is 0 Å². The number of nitrogens with one attached hydrogen (secondary N) is 1. The van der Waals surface area contributed by atoms with Crippen LogP contribution in [0.4, 0.5) is 0 Å². The summed E-state index contributed by atoms with van der Waals surface area (Å²) >= 11 is 0. The molecule has 5 nitrogen and oxygen atoms in total. The number of hydrogen-bond acceptors (Lipinski definition) is 5. The Labute approximate surface area is 112 Å². The van der Waals surface area contributed by atoms with Gasteiger partial charge in [0.1, 0.15) is 18.8 Å². The minimum atomic E-state index is -0.674. The zero-order valence-corrected chi connectivity index (χ0v) is 11.4. The summed E-state index contributed by atoms with van der Waals surface area (Å²) < 4.78 is 10.2. The third kappa shape index (κ3) is 5.09. The molecule has 5 heteroatoms. The lowest BCUT2D eigenvalue weighted by molar-refractivity contribution is -0.156. The lowest BCUT2D eigenvalue weighted by atomic mass is 10.2. The summed E-state index contributed by atoms with van der Waals surface area (Å²) in [5, 5.41) is 2.79. The molecule has 0 aliphatic carbocycles. The maximum Gasteiger partial charge on any atom is 0.327 e. The van der Waals surface area contributed by atoms with E-state index in [9.17, 15) is 9.59 Å². The van der Waals surface area contributed by atoms with E-state index in [-0.39, 0.29) is 6.61 Å². The van der Waals surface area contributed by atoms with Crippen molar-refractivity contribution in [1.82, 2.24) is 5.32 Å². The van der Waals surface area contributed by atoms with Crippen molar-refractivity contribution in [2.24, 2.45) is 0 Å². The number of ether oxygens (including phenoxy) is 2. The van der Waals surface area contributed by atoms with E-state index in [4.69, 9.17) is 9.47 Å². The molecule has 0 bridgehead atoms. The first kappa shape index (κ1) is 15.2. The Morgan fingerprint density at radius 1 is 1.26 bits per heavy atom. The molecule has 1 aromatic carbocycles. The molecule has 1 N–H and O–H groups in total. The van der Waals surface area contributed by atoms with Gasteiger partial charge in [0.2, 0.25) is 0 Å². The number of benzene rings is 1. The molecule has 0 aromatic heterocycles. The molecule has 0 radical (unpaired) electrons. The monoisotopic (exact) mass is 265 g/mol. The largest absolute Gasteiger partial charge is 0.461 e. The number of hydrogen-bond donors (Lipinski definition) is 1. The first-order valence-electron chi connectivity index (χ1n) is 6.09. The maximum atomic E-state index is 11.9.